The van der Waals surface area contributed by atoms with Crippen molar-refractivity contribution in [1.82, 2.24) is 0 Å². The van der Waals surface area contributed by atoms with Crippen molar-refractivity contribution >= 4 is 57.1 Å². The molecule has 0 bridgehead atoms. The summed E-state index contributed by atoms with van der Waals surface area (Å²) in [6, 6.07) is 24.4. The Kier molecular flexibility index (Phi) is 5.64. The zero-order valence-electron chi connectivity index (χ0n) is 18.1. The number of anilines is 1. The van der Waals surface area contributed by atoms with Crippen molar-refractivity contribution in [1.29, 1.82) is 0 Å². The third-order valence-electron chi connectivity index (χ3n) is 6.10. The van der Waals surface area contributed by atoms with Crippen molar-refractivity contribution in [3.63, 3.8) is 0 Å². The second-order valence-corrected chi connectivity index (χ2v) is 9.05. The molecule has 0 spiro atoms. The lowest BCUT2D eigenvalue weighted by molar-refractivity contribution is -0.132. The van der Waals surface area contributed by atoms with E-state index >= 15 is 0 Å². The molecule has 4 nitrogen and oxygen atoms in total. The first-order valence-corrected chi connectivity index (χ1v) is 11.4. The normalized spacial score (nSPS) is 17.5. The first-order chi connectivity index (χ1) is 16.4. The zero-order chi connectivity index (χ0) is 24.0. The van der Waals surface area contributed by atoms with E-state index in [1.165, 1.54) is 4.90 Å². The fourth-order valence-electron chi connectivity index (χ4n) is 4.54. The maximum atomic E-state index is 13.4. The van der Waals surface area contributed by atoms with Crippen LogP contribution >= 0.6 is 23.2 Å². The lowest BCUT2D eigenvalue weighted by Crippen LogP contribution is -2.29. The van der Waals surface area contributed by atoms with Gasteiger partial charge in [-0.3, -0.25) is 14.5 Å². The van der Waals surface area contributed by atoms with Crippen LogP contribution in [-0.2, 0) is 9.59 Å². The van der Waals surface area contributed by atoms with Crippen LogP contribution in [0.2, 0.25) is 10.0 Å². The van der Waals surface area contributed by atoms with Gasteiger partial charge in [0.05, 0.1) is 11.6 Å². The number of carbonyl (C=O) groups is 2. The Bertz CT molecular complexity index is 1480. The molecule has 1 fully saturated rings. The molecule has 1 amide bonds. The van der Waals surface area contributed by atoms with E-state index in [4.69, 9.17) is 23.2 Å². The predicted octanol–water partition coefficient (Wildman–Crippen LogP) is 7.08. The smallest absolute Gasteiger partial charge is 0.300 e. The minimum absolute atomic E-state index is 0.0201. The van der Waals surface area contributed by atoms with Gasteiger partial charge in [-0.05, 0) is 47.0 Å². The SMILES string of the molecule is Cc1ccccc1C1/C(=C(\O)c2cccc3ccccc23)C(=O)C(=O)N1c1cc(Cl)cc(Cl)c1. The second-order valence-electron chi connectivity index (χ2n) is 8.18. The molecule has 1 heterocycles. The fraction of sp³-hybridized carbons (Fsp3) is 0.0714. The van der Waals surface area contributed by atoms with Gasteiger partial charge in [0.1, 0.15) is 5.76 Å². The predicted molar refractivity (Wildman–Crippen MR) is 136 cm³/mol. The molecule has 1 atom stereocenters. The van der Waals surface area contributed by atoms with Gasteiger partial charge in [-0.1, -0.05) is 89.9 Å². The van der Waals surface area contributed by atoms with Crippen LogP contribution in [0, 0.1) is 6.92 Å². The van der Waals surface area contributed by atoms with Gasteiger partial charge in [-0.15, -0.1) is 0 Å². The number of Topliss-reactive ketones (excluding diaryl/α,β-unsaturated/α-hetero) is 1. The molecule has 1 aliphatic heterocycles. The van der Waals surface area contributed by atoms with Gasteiger partial charge in [0.2, 0.25) is 0 Å². The van der Waals surface area contributed by atoms with E-state index < -0.39 is 17.7 Å². The Morgan fingerprint density at radius 1 is 0.853 bits per heavy atom. The first-order valence-electron chi connectivity index (χ1n) is 10.7. The summed E-state index contributed by atoms with van der Waals surface area (Å²) < 4.78 is 0. The number of aryl methyl sites for hydroxylation is 1. The maximum absolute atomic E-state index is 13.4. The molecule has 1 unspecified atom stereocenters. The van der Waals surface area contributed by atoms with Crippen molar-refractivity contribution in [2.45, 2.75) is 13.0 Å². The van der Waals surface area contributed by atoms with Gasteiger partial charge in [0.15, 0.2) is 0 Å². The quantitative estimate of drug-likeness (QED) is 0.190. The van der Waals surface area contributed by atoms with Crippen LogP contribution in [0.3, 0.4) is 0 Å². The number of ketones is 1. The highest BCUT2D eigenvalue weighted by atomic mass is 35.5. The molecule has 34 heavy (non-hydrogen) atoms. The van der Waals surface area contributed by atoms with Crippen LogP contribution in [0.25, 0.3) is 16.5 Å². The molecule has 0 aliphatic carbocycles. The number of benzene rings is 4. The van der Waals surface area contributed by atoms with Gasteiger partial charge in [0.25, 0.3) is 11.7 Å². The molecule has 1 N–H and O–H groups in total. The second kappa shape index (κ2) is 8.64. The number of aliphatic hydroxyl groups excluding tert-OH is 1. The molecule has 1 aliphatic rings. The van der Waals surface area contributed by atoms with Crippen molar-refractivity contribution in [2.24, 2.45) is 0 Å². The van der Waals surface area contributed by atoms with E-state index in [1.54, 1.807) is 24.3 Å². The number of amides is 1. The molecular formula is C28H19Cl2NO3. The average molecular weight is 488 g/mol. The number of carbonyl (C=O) groups excluding carboxylic acids is 2. The third kappa shape index (κ3) is 3.65. The number of nitrogens with zero attached hydrogens (tertiary/aromatic N) is 1. The Morgan fingerprint density at radius 2 is 1.50 bits per heavy atom. The van der Waals surface area contributed by atoms with Gasteiger partial charge in [0, 0.05) is 21.3 Å². The lowest BCUT2D eigenvalue weighted by atomic mass is 9.91. The number of hydrogen-bond acceptors (Lipinski definition) is 3. The summed E-state index contributed by atoms with van der Waals surface area (Å²) in [5.41, 5.74) is 2.48. The number of hydrogen-bond donors (Lipinski definition) is 1. The number of fused-ring (bicyclic) bond motifs is 1. The van der Waals surface area contributed by atoms with Crippen LogP contribution in [-0.4, -0.2) is 16.8 Å². The molecule has 0 radical (unpaired) electrons. The Balaban J connectivity index is 1.81. The molecule has 4 aromatic carbocycles. The molecule has 6 heteroatoms. The zero-order valence-corrected chi connectivity index (χ0v) is 19.6. The maximum Gasteiger partial charge on any atom is 0.300 e. The molecule has 4 aromatic rings. The highest BCUT2D eigenvalue weighted by Crippen LogP contribution is 2.44. The molecular weight excluding hydrogens is 469 g/mol. The number of aliphatic hydroxyl groups is 1. The van der Waals surface area contributed by atoms with E-state index in [0.717, 1.165) is 21.9 Å². The average Bonchev–Trinajstić information content (AvgIpc) is 3.08. The van der Waals surface area contributed by atoms with Crippen molar-refractivity contribution in [2.75, 3.05) is 4.90 Å². The highest BCUT2D eigenvalue weighted by Gasteiger charge is 2.47. The standard InChI is InChI=1S/C28H19Cl2NO3/c1-16-7-2-4-10-21(16)25-24(26(32)23-12-6-9-17-8-3-5-11-22(17)23)27(33)28(34)31(25)20-14-18(29)13-19(30)15-20/h2-15,25,32H,1H3/b26-24+. The van der Waals surface area contributed by atoms with Crippen molar-refractivity contribution in [3.8, 4) is 0 Å². The van der Waals surface area contributed by atoms with Crippen LogP contribution < -0.4 is 4.90 Å². The third-order valence-corrected chi connectivity index (χ3v) is 6.53. The van der Waals surface area contributed by atoms with Crippen molar-refractivity contribution in [3.05, 3.63) is 117 Å². The summed E-state index contributed by atoms with van der Waals surface area (Å²) >= 11 is 12.5. The molecule has 0 aromatic heterocycles. The summed E-state index contributed by atoms with van der Waals surface area (Å²) in [4.78, 5) is 28.2. The monoisotopic (exact) mass is 487 g/mol. The van der Waals surface area contributed by atoms with E-state index in [9.17, 15) is 14.7 Å². The minimum atomic E-state index is -0.852. The number of halogens is 2. The fourth-order valence-corrected chi connectivity index (χ4v) is 5.06. The van der Waals surface area contributed by atoms with E-state index in [2.05, 4.69) is 0 Å². The summed E-state index contributed by atoms with van der Waals surface area (Å²) in [6.07, 6.45) is 0. The Labute approximate surface area is 206 Å². The van der Waals surface area contributed by atoms with Gasteiger partial charge >= 0.3 is 0 Å². The van der Waals surface area contributed by atoms with Crippen LogP contribution in [0.5, 0.6) is 0 Å². The van der Waals surface area contributed by atoms with Gasteiger partial charge < -0.3 is 5.11 Å². The van der Waals surface area contributed by atoms with Gasteiger partial charge in [-0.2, -0.15) is 0 Å². The molecule has 5 rings (SSSR count). The highest BCUT2D eigenvalue weighted by molar-refractivity contribution is 6.52. The van der Waals surface area contributed by atoms with E-state index in [-0.39, 0.29) is 11.3 Å². The summed E-state index contributed by atoms with van der Waals surface area (Å²) in [7, 11) is 0. The van der Waals surface area contributed by atoms with Crippen LogP contribution in [0.15, 0.2) is 90.5 Å². The minimum Gasteiger partial charge on any atom is -0.507 e. The van der Waals surface area contributed by atoms with E-state index in [1.807, 2.05) is 67.6 Å². The molecule has 168 valence electrons. The summed E-state index contributed by atoms with van der Waals surface area (Å²) in [6.45, 7) is 1.90. The first kappa shape index (κ1) is 22.2. The molecule has 0 saturated carbocycles. The summed E-state index contributed by atoms with van der Waals surface area (Å²) in [5.74, 6) is -1.75. The Morgan fingerprint density at radius 3 is 2.24 bits per heavy atom. The Hall–Kier alpha value is -3.60. The van der Waals surface area contributed by atoms with Crippen LogP contribution in [0.1, 0.15) is 22.7 Å². The van der Waals surface area contributed by atoms with E-state index in [0.29, 0.717) is 21.3 Å². The topological polar surface area (TPSA) is 57.6 Å². The summed E-state index contributed by atoms with van der Waals surface area (Å²) in [5, 5.41) is 13.9. The molecule has 1 saturated heterocycles. The largest absolute Gasteiger partial charge is 0.507 e. The van der Waals surface area contributed by atoms with Crippen LogP contribution in [0.4, 0.5) is 5.69 Å². The number of rotatable bonds is 3. The lowest BCUT2D eigenvalue weighted by Gasteiger charge is -2.27. The van der Waals surface area contributed by atoms with Crippen molar-refractivity contribution < 1.29 is 14.7 Å². The van der Waals surface area contributed by atoms with Gasteiger partial charge in [-0.25, -0.2) is 0 Å².